The highest BCUT2D eigenvalue weighted by Gasteiger charge is 2.32. The molecule has 0 aromatic rings. The van der Waals surface area contributed by atoms with Crippen molar-refractivity contribution < 1.29 is 0 Å². The summed E-state index contributed by atoms with van der Waals surface area (Å²) in [6.07, 6.45) is 5.51. The molecule has 19 heavy (non-hydrogen) atoms. The van der Waals surface area contributed by atoms with Gasteiger partial charge in [0.1, 0.15) is 0 Å². The van der Waals surface area contributed by atoms with Gasteiger partial charge in [0, 0.05) is 25.2 Å². The number of likely N-dealkylation sites (N-methyl/N-ethyl adjacent to an activating group) is 2. The molecule has 4 unspecified atom stereocenters. The molecule has 1 aliphatic carbocycles. The van der Waals surface area contributed by atoms with Crippen molar-refractivity contribution in [3.05, 3.63) is 0 Å². The van der Waals surface area contributed by atoms with E-state index in [0.29, 0.717) is 6.04 Å². The third-order valence-electron chi connectivity index (χ3n) is 5.15. The van der Waals surface area contributed by atoms with Crippen molar-refractivity contribution in [2.75, 3.05) is 40.3 Å². The molecule has 1 heterocycles. The highest BCUT2D eigenvalue weighted by molar-refractivity contribution is 4.90. The zero-order valence-electron chi connectivity index (χ0n) is 13.4. The number of hydrogen-bond donors (Lipinski definition) is 1. The molecule has 2 aliphatic rings. The summed E-state index contributed by atoms with van der Waals surface area (Å²) in [6.45, 7) is 9.63. The topological polar surface area (TPSA) is 18.5 Å². The summed E-state index contributed by atoms with van der Waals surface area (Å²) in [5.41, 5.74) is 0. The fourth-order valence-corrected chi connectivity index (χ4v) is 4.06. The predicted octanol–water partition coefficient (Wildman–Crippen LogP) is 2.04. The largest absolute Gasteiger partial charge is 0.313 e. The summed E-state index contributed by atoms with van der Waals surface area (Å²) >= 11 is 0. The quantitative estimate of drug-likeness (QED) is 0.822. The maximum Gasteiger partial charge on any atom is 0.0248 e. The third kappa shape index (κ3) is 4.17. The van der Waals surface area contributed by atoms with E-state index in [0.717, 1.165) is 24.4 Å². The van der Waals surface area contributed by atoms with Gasteiger partial charge in [-0.05, 0) is 64.7 Å². The Labute approximate surface area is 119 Å². The molecule has 3 heteroatoms. The van der Waals surface area contributed by atoms with E-state index in [-0.39, 0.29) is 0 Å². The van der Waals surface area contributed by atoms with Crippen molar-refractivity contribution in [2.45, 2.75) is 51.6 Å². The standard InChI is InChI=1S/C16H33N3/c1-5-17-15-7-6-13(2)10-16(15)19(4)12-14-8-9-18(3)11-14/h13-17H,5-12H2,1-4H3. The Morgan fingerprint density at radius 3 is 2.68 bits per heavy atom. The summed E-state index contributed by atoms with van der Waals surface area (Å²) < 4.78 is 0. The van der Waals surface area contributed by atoms with Crippen molar-refractivity contribution in [2.24, 2.45) is 11.8 Å². The molecule has 1 aliphatic heterocycles. The molecule has 0 amide bonds. The van der Waals surface area contributed by atoms with Gasteiger partial charge in [0.05, 0.1) is 0 Å². The molecule has 1 N–H and O–H groups in total. The van der Waals surface area contributed by atoms with Crippen LogP contribution in [0.2, 0.25) is 0 Å². The van der Waals surface area contributed by atoms with E-state index in [1.165, 1.54) is 45.3 Å². The molecule has 2 fully saturated rings. The molecule has 1 saturated heterocycles. The van der Waals surface area contributed by atoms with E-state index in [2.05, 4.69) is 43.1 Å². The second-order valence-corrected chi connectivity index (χ2v) is 7.01. The highest BCUT2D eigenvalue weighted by atomic mass is 15.2. The van der Waals surface area contributed by atoms with Crippen LogP contribution >= 0.6 is 0 Å². The third-order valence-corrected chi connectivity index (χ3v) is 5.15. The maximum absolute atomic E-state index is 3.72. The SMILES string of the molecule is CCNC1CCC(C)CC1N(C)CC1CCN(C)C1. The smallest absolute Gasteiger partial charge is 0.0248 e. The van der Waals surface area contributed by atoms with Crippen LogP contribution in [0, 0.1) is 11.8 Å². The van der Waals surface area contributed by atoms with Gasteiger partial charge in [0.15, 0.2) is 0 Å². The average molecular weight is 267 g/mol. The number of nitrogens with one attached hydrogen (secondary N) is 1. The normalized spacial score (nSPS) is 37.1. The van der Waals surface area contributed by atoms with Crippen LogP contribution in [0.1, 0.15) is 39.5 Å². The van der Waals surface area contributed by atoms with Gasteiger partial charge in [0.2, 0.25) is 0 Å². The van der Waals surface area contributed by atoms with E-state index in [1.807, 2.05) is 0 Å². The Hall–Kier alpha value is -0.120. The van der Waals surface area contributed by atoms with Crippen LogP contribution in [0.5, 0.6) is 0 Å². The lowest BCUT2D eigenvalue weighted by atomic mass is 9.82. The van der Waals surface area contributed by atoms with Crippen LogP contribution < -0.4 is 5.32 Å². The predicted molar refractivity (Wildman–Crippen MR) is 82.5 cm³/mol. The van der Waals surface area contributed by atoms with Crippen LogP contribution in [0.4, 0.5) is 0 Å². The molecule has 1 saturated carbocycles. The molecule has 0 radical (unpaired) electrons. The van der Waals surface area contributed by atoms with Crippen LogP contribution in [0.15, 0.2) is 0 Å². The minimum Gasteiger partial charge on any atom is -0.313 e. The van der Waals surface area contributed by atoms with Crippen LogP contribution in [0.3, 0.4) is 0 Å². The van der Waals surface area contributed by atoms with Gasteiger partial charge in [0.25, 0.3) is 0 Å². The van der Waals surface area contributed by atoms with Crippen molar-refractivity contribution >= 4 is 0 Å². The van der Waals surface area contributed by atoms with Crippen molar-refractivity contribution in [3.63, 3.8) is 0 Å². The molecule has 4 atom stereocenters. The molecule has 0 aromatic carbocycles. The zero-order chi connectivity index (χ0) is 13.8. The first-order chi connectivity index (χ1) is 9.10. The van der Waals surface area contributed by atoms with Gasteiger partial charge < -0.3 is 15.1 Å². The van der Waals surface area contributed by atoms with Crippen LogP contribution in [-0.4, -0.2) is 62.2 Å². The second-order valence-electron chi connectivity index (χ2n) is 7.01. The number of hydrogen-bond acceptors (Lipinski definition) is 3. The molecule has 3 nitrogen and oxygen atoms in total. The van der Waals surface area contributed by atoms with Gasteiger partial charge >= 0.3 is 0 Å². The Kier molecular flexibility index (Phi) is 5.67. The molecule has 112 valence electrons. The molecule has 0 aromatic heterocycles. The van der Waals surface area contributed by atoms with Gasteiger partial charge in [-0.15, -0.1) is 0 Å². The Balaban J connectivity index is 1.88. The molecule has 0 bridgehead atoms. The van der Waals surface area contributed by atoms with Crippen molar-refractivity contribution in [1.82, 2.24) is 15.1 Å². The average Bonchev–Trinajstić information content (AvgIpc) is 2.77. The van der Waals surface area contributed by atoms with E-state index in [4.69, 9.17) is 0 Å². The molecular formula is C16H33N3. The first-order valence-electron chi connectivity index (χ1n) is 8.22. The molecule has 2 rings (SSSR count). The van der Waals surface area contributed by atoms with Crippen LogP contribution in [0.25, 0.3) is 0 Å². The van der Waals surface area contributed by atoms with Gasteiger partial charge in [-0.2, -0.15) is 0 Å². The fraction of sp³-hybridized carbons (Fsp3) is 1.00. The first-order valence-corrected chi connectivity index (χ1v) is 8.22. The summed E-state index contributed by atoms with van der Waals surface area (Å²) in [7, 11) is 4.61. The van der Waals surface area contributed by atoms with E-state index in [9.17, 15) is 0 Å². The summed E-state index contributed by atoms with van der Waals surface area (Å²) in [5, 5.41) is 3.72. The fourth-order valence-electron chi connectivity index (χ4n) is 4.06. The maximum atomic E-state index is 3.72. The lowest BCUT2D eigenvalue weighted by Gasteiger charge is -2.41. The Morgan fingerprint density at radius 2 is 2.05 bits per heavy atom. The highest BCUT2D eigenvalue weighted by Crippen LogP contribution is 2.28. The number of likely N-dealkylation sites (tertiary alicyclic amines) is 1. The number of rotatable bonds is 5. The number of nitrogens with zero attached hydrogens (tertiary/aromatic N) is 2. The minimum atomic E-state index is 0.713. The van der Waals surface area contributed by atoms with Gasteiger partial charge in [-0.1, -0.05) is 13.8 Å². The van der Waals surface area contributed by atoms with Crippen LogP contribution in [-0.2, 0) is 0 Å². The first kappa shape index (κ1) is 15.3. The summed E-state index contributed by atoms with van der Waals surface area (Å²) in [6, 6.07) is 1.46. The Morgan fingerprint density at radius 1 is 1.26 bits per heavy atom. The van der Waals surface area contributed by atoms with Crippen molar-refractivity contribution in [1.29, 1.82) is 0 Å². The lowest BCUT2D eigenvalue weighted by molar-refractivity contribution is 0.111. The van der Waals surface area contributed by atoms with Gasteiger partial charge in [-0.25, -0.2) is 0 Å². The summed E-state index contributed by atoms with van der Waals surface area (Å²) in [4.78, 5) is 5.14. The zero-order valence-corrected chi connectivity index (χ0v) is 13.4. The molecule has 0 spiro atoms. The molecular weight excluding hydrogens is 234 g/mol. The van der Waals surface area contributed by atoms with E-state index < -0.39 is 0 Å². The monoisotopic (exact) mass is 267 g/mol. The summed E-state index contributed by atoms with van der Waals surface area (Å²) in [5.74, 6) is 1.78. The van der Waals surface area contributed by atoms with E-state index >= 15 is 0 Å². The van der Waals surface area contributed by atoms with Crippen molar-refractivity contribution in [3.8, 4) is 0 Å². The lowest BCUT2D eigenvalue weighted by Crippen LogP contribution is -2.52. The van der Waals surface area contributed by atoms with E-state index in [1.54, 1.807) is 0 Å². The minimum absolute atomic E-state index is 0.713. The second kappa shape index (κ2) is 7.05. The van der Waals surface area contributed by atoms with Gasteiger partial charge in [-0.3, -0.25) is 0 Å². The Bertz CT molecular complexity index is 269.